The Hall–Kier alpha value is -1.73. The Labute approximate surface area is 96.0 Å². The molecular weight excluding hydrogens is 202 g/mol. The molecule has 1 atom stereocenters. The first-order valence-corrected chi connectivity index (χ1v) is 5.32. The number of anilines is 2. The van der Waals surface area contributed by atoms with Crippen molar-refractivity contribution >= 4 is 11.4 Å². The zero-order chi connectivity index (χ0) is 12.0. The summed E-state index contributed by atoms with van der Waals surface area (Å²) in [6, 6.07) is 7.34. The Balaban J connectivity index is 2.56. The van der Waals surface area contributed by atoms with E-state index in [1.807, 2.05) is 26.0 Å². The van der Waals surface area contributed by atoms with Gasteiger partial charge in [0.15, 0.2) is 0 Å². The fraction of sp³-hybridized carbons (Fsp3) is 0.417. The van der Waals surface area contributed by atoms with Gasteiger partial charge in [-0.2, -0.15) is 5.26 Å². The van der Waals surface area contributed by atoms with E-state index >= 15 is 0 Å². The zero-order valence-corrected chi connectivity index (χ0v) is 9.66. The third-order valence-corrected chi connectivity index (χ3v) is 2.22. The van der Waals surface area contributed by atoms with E-state index in [1.54, 1.807) is 12.1 Å². The summed E-state index contributed by atoms with van der Waals surface area (Å²) >= 11 is 0. The second-order valence-electron chi connectivity index (χ2n) is 3.56. The maximum absolute atomic E-state index is 8.73. The molecule has 1 unspecified atom stereocenters. The lowest BCUT2D eigenvalue weighted by molar-refractivity contribution is 0.0855. The van der Waals surface area contributed by atoms with Crippen molar-refractivity contribution in [2.75, 3.05) is 24.2 Å². The summed E-state index contributed by atoms with van der Waals surface area (Å²) in [5.41, 5.74) is 7.61. The average molecular weight is 219 g/mol. The topological polar surface area (TPSA) is 71.1 Å². The number of benzene rings is 1. The molecule has 0 saturated carbocycles. The van der Waals surface area contributed by atoms with Gasteiger partial charge >= 0.3 is 0 Å². The number of nitrogens with two attached hydrogens (primary N) is 1. The van der Waals surface area contributed by atoms with Gasteiger partial charge in [-0.15, -0.1) is 0 Å². The van der Waals surface area contributed by atoms with Crippen LogP contribution in [-0.2, 0) is 4.74 Å². The monoisotopic (exact) mass is 219 g/mol. The van der Waals surface area contributed by atoms with Crippen LogP contribution in [0.2, 0.25) is 0 Å². The van der Waals surface area contributed by atoms with Crippen LogP contribution in [-0.4, -0.2) is 19.3 Å². The standard InChI is InChI=1S/C12H17N3O/c1-3-16-9(2)8-15-11-5-4-10(7-13)12(14)6-11/h4-6,9,15H,3,8,14H2,1-2H3. The van der Waals surface area contributed by atoms with E-state index in [2.05, 4.69) is 5.32 Å². The molecule has 0 aliphatic heterocycles. The predicted octanol–water partition coefficient (Wildman–Crippen LogP) is 1.98. The molecular formula is C12H17N3O. The molecule has 0 spiro atoms. The molecule has 4 heteroatoms. The summed E-state index contributed by atoms with van der Waals surface area (Å²) in [5, 5.41) is 11.9. The Morgan fingerprint density at radius 1 is 1.56 bits per heavy atom. The molecule has 16 heavy (non-hydrogen) atoms. The van der Waals surface area contributed by atoms with Crippen LogP contribution in [0.3, 0.4) is 0 Å². The van der Waals surface area contributed by atoms with Crippen LogP contribution in [0.25, 0.3) is 0 Å². The second kappa shape index (κ2) is 5.99. The zero-order valence-electron chi connectivity index (χ0n) is 9.66. The van der Waals surface area contributed by atoms with Crippen molar-refractivity contribution in [3.05, 3.63) is 23.8 Å². The van der Waals surface area contributed by atoms with Crippen molar-refractivity contribution in [3.63, 3.8) is 0 Å². The van der Waals surface area contributed by atoms with Gasteiger partial charge < -0.3 is 15.8 Å². The summed E-state index contributed by atoms with van der Waals surface area (Å²) in [6.07, 6.45) is 0.155. The smallest absolute Gasteiger partial charge is 0.101 e. The molecule has 0 saturated heterocycles. The summed E-state index contributed by atoms with van der Waals surface area (Å²) in [5.74, 6) is 0. The minimum absolute atomic E-state index is 0.155. The van der Waals surface area contributed by atoms with E-state index in [1.165, 1.54) is 0 Å². The summed E-state index contributed by atoms with van der Waals surface area (Å²) in [6.45, 7) is 5.40. The third kappa shape index (κ3) is 3.44. The highest BCUT2D eigenvalue weighted by atomic mass is 16.5. The molecule has 0 radical (unpaired) electrons. The van der Waals surface area contributed by atoms with Crippen molar-refractivity contribution < 1.29 is 4.74 Å². The molecule has 0 aliphatic rings. The first-order valence-electron chi connectivity index (χ1n) is 5.32. The number of rotatable bonds is 5. The fourth-order valence-electron chi connectivity index (χ4n) is 1.38. The summed E-state index contributed by atoms with van der Waals surface area (Å²) in [4.78, 5) is 0. The van der Waals surface area contributed by atoms with Crippen molar-refractivity contribution in [2.45, 2.75) is 20.0 Å². The van der Waals surface area contributed by atoms with E-state index in [0.717, 1.165) is 12.2 Å². The molecule has 0 aliphatic carbocycles. The highest BCUT2D eigenvalue weighted by Gasteiger charge is 2.02. The van der Waals surface area contributed by atoms with Crippen molar-refractivity contribution in [3.8, 4) is 6.07 Å². The van der Waals surface area contributed by atoms with Crippen molar-refractivity contribution in [2.24, 2.45) is 0 Å². The van der Waals surface area contributed by atoms with E-state index < -0.39 is 0 Å². The molecule has 3 N–H and O–H groups in total. The van der Waals surface area contributed by atoms with Crippen LogP contribution >= 0.6 is 0 Å². The number of hydrogen-bond donors (Lipinski definition) is 2. The van der Waals surface area contributed by atoms with E-state index in [9.17, 15) is 0 Å². The van der Waals surface area contributed by atoms with Crippen molar-refractivity contribution in [1.82, 2.24) is 0 Å². The van der Waals surface area contributed by atoms with Crippen LogP contribution in [0.15, 0.2) is 18.2 Å². The molecule has 0 bridgehead atoms. The van der Waals surface area contributed by atoms with Gasteiger partial charge in [-0.05, 0) is 32.0 Å². The van der Waals surface area contributed by atoms with E-state index in [-0.39, 0.29) is 6.10 Å². The van der Waals surface area contributed by atoms with Gasteiger partial charge in [0, 0.05) is 18.8 Å². The normalized spacial score (nSPS) is 11.8. The van der Waals surface area contributed by atoms with Gasteiger partial charge in [-0.25, -0.2) is 0 Å². The molecule has 0 amide bonds. The van der Waals surface area contributed by atoms with Gasteiger partial charge in [0.2, 0.25) is 0 Å². The largest absolute Gasteiger partial charge is 0.398 e. The number of nitrogens with zero attached hydrogens (tertiary/aromatic N) is 1. The SMILES string of the molecule is CCOC(C)CNc1ccc(C#N)c(N)c1. The number of hydrogen-bond acceptors (Lipinski definition) is 4. The van der Waals surface area contributed by atoms with Crippen molar-refractivity contribution in [1.29, 1.82) is 5.26 Å². The molecule has 0 aromatic heterocycles. The molecule has 0 heterocycles. The third-order valence-electron chi connectivity index (χ3n) is 2.22. The van der Waals surface area contributed by atoms with Crippen LogP contribution in [0.5, 0.6) is 0 Å². The first kappa shape index (κ1) is 12.3. The minimum atomic E-state index is 0.155. The first-order chi connectivity index (χ1) is 7.67. The highest BCUT2D eigenvalue weighted by Crippen LogP contribution is 2.17. The Bertz CT molecular complexity index is 384. The summed E-state index contributed by atoms with van der Waals surface area (Å²) < 4.78 is 5.39. The number of nitriles is 1. The van der Waals surface area contributed by atoms with Crippen LogP contribution < -0.4 is 11.1 Å². The molecule has 4 nitrogen and oxygen atoms in total. The summed E-state index contributed by atoms with van der Waals surface area (Å²) in [7, 11) is 0. The van der Waals surface area contributed by atoms with Crippen LogP contribution in [0.4, 0.5) is 11.4 Å². The van der Waals surface area contributed by atoms with Gasteiger partial charge in [-0.3, -0.25) is 0 Å². The van der Waals surface area contributed by atoms with Crippen LogP contribution in [0.1, 0.15) is 19.4 Å². The highest BCUT2D eigenvalue weighted by molar-refractivity contribution is 5.62. The number of nitrogen functional groups attached to an aromatic ring is 1. The van der Waals surface area contributed by atoms with Gasteiger partial charge in [0.25, 0.3) is 0 Å². The molecule has 1 aromatic rings. The molecule has 1 rings (SSSR count). The second-order valence-corrected chi connectivity index (χ2v) is 3.56. The van der Waals surface area contributed by atoms with Gasteiger partial charge in [-0.1, -0.05) is 0 Å². The predicted molar refractivity (Wildman–Crippen MR) is 65.1 cm³/mol. The maximum Gasteiger partial charge on any atom is 0.101 e. The Morgan fingerprint density at radius 3 is 2.88 bits per heavy atom. The lowest BCUT2D eigenvalue weighted by Gasteiger charge is -2.13. The Kier molecular flexibility index (Phi) is 4.62. The molecule has 0 fully saturated rings. The molecule has 86 valence electrons. The Morgan fingerprint density at radius 2 is 2.31 bits per heavy atom. The number of ether oxygens (including phenoxy) is 1. The maximum atomic E-state index is 8.73. The average Bonchev–Trinajstić information content (AvgIpc) is 2.27. The van der Waals surface area contributed by atoms with Gasteiger partial charge in [0.1, 0.15) is 6.07 Å². The molecule has 1 aromatic carbocycles. The quantitative estimate of drug-likeness (QED) is 0.743. The lowest BCUT2D eigenvalue weighted by atomic mass is 10.2. The van der Waals surface area contributed by atoms with Gasteiger partial charge in [0.05, 0.1) is 17.4 Å². The van der Waals surface area contributed by atoms with E-state index in [0.29, 0.717) is 17.9 Å². The minimum Gasteiger partial charge on any atom is -0.398 e. The van der Waals surface area contributed by atoms with Crippen LogP contribution in [0, 0.1) is 11.3 Å². The number of nitrogens with one attached hydrogen (secondary N) is 1. The fourth-order valence-corrected chi connectivity index (χ4v) is 1.38. The lowest BCUT2D eigenvalue weighted by Crippen LogP contribution is -2.19. The van der Waals surface area contributed by atoms with E-state index in [4.69, 9.17) is 15.7 Å².